The van der Waals surface area contributed by atoms with Gasteiger partial charge >= 0.3 is 0 Å². The number of hydrogen-bond donors (Lipinski definition) is 2. The standard InChI is InChI=1S/C10H11N3/c11-6-7-5-8(1-2-9(7)12)10(13)3-4-10/h1-2,5H,3-4,12-13H2. The molecule has 0 spiro atoms. The maximum atomic E-state index is 8.76. The highest BCUT2D eigenvalue weighted by atomic mass is 14.8. The molecule has 0 aliphatic heterocycles. The first-order chi connectivity index (χ1) is 6.15. The van der Waals surface area contributed by atoms with Gasteiger partial charge in [-0.1, -0.05) is 6.07 Å². The molecule has 0 amide bonds. The van der Waals surface area contributed by atoms with Gasteiger partial charge in [-0.25, -0.2) is 0 Å². The predicted octanol–water partition coefficient (Wildman–Crippen LogP) is 1.09. The Hall–Kier alpha value is -1.53. The lowest BCUT2D eigenvalue weighted by Gasteiger charge is -2.09. The van der Waals surface area contributed by atoms with Crippen LogP contribution in [0.2, 0.25) is 0 Å². The molecule has 0 radical (unpaired) electrons. The van der Waals surface area contributed by atoms with Gasteiger partial charge in [-0.3, -0.25) is 0 Å². The normalized spacial score (nSPS) is 17.8. The van der Waals surface area contributed by atoms with Crippen LogP contribution in [0.1, 0.15) is 24.0 Å². The highest BCUT2D eigenvalue weighted by molar-refractivity contribution is 5.56. The summed E-state index contributed by atoms with van der Waals surface area (Å²) in [7, 11) is 0. The van der Waals surface area contributed by atoms with E-state index >= 15 is 0 Å². The predicted molar refractivity (Wildman–Crippen MR) is 50.7 cm³/mol. The van der Waals surface area contributed by atoms with Crippen LogP contribution < -0.4 is 11.5 Å². The Kier molecular flexibility index (Phi) is 1.54. The molecule has 1 saturated carbocycles. The average molecular weight is 173 g/mol. The minimum absolute atomic E-state index is 0.181. The van der Waals surface area contributed by atoms with Crippen LogP contribution >= 0.6 is 0 Å². The number of nitrogens with two attached hydrogens (primary N) is 2. The minimum Gasteiger partial charge on any atom is -0.398 e. The van der Waals surface area contributed by atoms with Gasteiger partial charge in [-0.15, -0.1) is 0 Å². The third-order valence-electron chi connectivity index (χ3n) is 2.54. The van der Waals surface area contributed by atoms with Gasteiger partial charge in [0.15, 0.2) is 0 Å². The third-order valence-corrected chi connectivity index (χ3v) is 2.54. The second kappa shape index (κ2) is 2.48. The second-order valence-corrected chi connectivity index (χ2v) is 3.57. The molecule has 1 aliphatic carbocycles. The zero-order chi connectivity index (χ0) is 9.47. The van der Waals surface area contributed by atoms with Crippen molar-refractivity contribution in [1.82, 2.24) is 0 Å². The van der Waals surface area contributed by atoms with Gasteiger partial charge in [0.25, 0.3) is 0 Å². The van der Waals surface area contributed by atoms with E-state index < -0.39 is 0 Å². The van der Waals surface area contributed by atoms with Crippen LogP contribution in [-0.4, -0.2) is 0 Å². The van der Waals surface area contributed by atoms with E-state index in [4.69, 9.17) is 16.7 Å². The number of nitrogens with zero attached hydrogens (tertiary/aromatic N) is 1. The number of benzene rings is 1. The van der Waals surface area contributed by atoms with E-state index in [-0.39, 0.29) is 5.54 Å². The monoisotopic (exact) mass is 173 g/mol. The number of anilines is 1. The molecule has 1 aromatic carbocycles. The molecule has 1 aliphatic rings. The molecular weight excluding hydrogens is 162 g/mol. The molecule has 0 unspecified atom stereocenters. The zero-order valence-corrected chi connectivity index (χ0v) is 7.25. The molecule has 0 saturated heterocycles. The van der Waals surface area contributed by atoms with Crippen molar-refractivity contribution in [3.8, 4) is 6.07 Å². The number of hydrogen-bond acceptors (Lipinski definition) is 3. The van der Waals surface area contributed by atoms with E-state index in [9.17, 15) is 0 Å². The summed E-state index contributed by atoms with van der Waals surface area (Å²) in [6.45, 7) is 0. The summed E-state index contributed by atoms with van der Waals surface area (Å²) in [5, 5.41) is 8.76. The minimum atomic E-state index is -0.181. The fourth-order valence-corrected chi connectivity index (χ4v) is 1.39. The van der Waals surface area contributed by atoms with Crippen molar-refractivity contribution in [2.24, 2.45) is 5.73 Å². The van der Waals surface area contributed by atoms with E-state index in [1.54, 1.807) is 12.1 Å². The van der Waals surface area contributed by atoms with Crippen molar-refractivity contribution in [1.29, 1.82) is 5.26 Å². The maximum absolute atomic E-state index is 8.76. The van der Waals surface area contributed by atoms with Crippen LogP contribution in [0.4, 0.5) is 5.69 Å². The molecular formula is C10H11N3. The summed E-state index contributed by atoms with van der Waals surface area (Å²) in [5.41, 5.74) is 13.5. The largest absolute Gasteiger partial charge is 0.398 e. The number of rotatable bonds is 1. The maximum Gasteiger partial charge on any atom is 0.101 e. The molecule has 2 rings (SSSR count). The van der Waals surface area contributed by atoms with Crippen LogP contribution in [0.5, 0.6) is 0 Å². The van der Waals surface area contributed by atoms with E-state index in [1.165, 1.54) is 0 Å². The van der Waals surface area contributed by atoms with Crippen LogP contribution in [0.25, 0.3) is 0 Å². The molecule has 3 nitrogen and oxygen atoms in total. The van der Waals surface area contributed by atoms with Crippen molar-refractivity contribution in [3.63, 3.8) is 0 Å². The van der Waals surface area contributed by atoms with Crippen LogP contribution in [0, 0.1) is 11.3 Å². The molecule has 4 N–H and O–H groups in total. The highest BCUT2D eigenvalue weighted by Crippen LogP contribution is 2.43. The Morgan fingerprint density at radius 1 is 1.38 bits per heavy atom. The van der Waals surface area contributed by atoms with Crippen LogP contribution in [0.15, 0.2) is 18.2 Å². The number of nitrogen functional groups attached to an aromatic ring is 1. The SMILES string of the molecule is N#Cc1cc(C2(N)CC2)ccc1N. The van der Waals surface area contributed by atoms with Crippen molar-refractivity contribution in [2.75, 3.05) is 5.73 Å². The van der Waals surface area contributed by atoms with Crippen molar-refractivity contribution in [2.45, 2.75) is 18.4 Å². The molecule has 1 fully saturated rings. The first kappa shape index (κ1) is 8.09. The lowest BCUT2D eigenvalue weighted by atomic mass is 10.0. The van der Waals surface area contributed by atoms with Crippen molar-refractivity contribution in [3.05, 3.63) is 29.3 Å². The summed E-state index contributed by atoms with van der Waals surface area (Å²) >= 11 is 0. The molecule has 0 heterocycles. The summed E-state index contributed by atoms with van der Waals surface area (Å²) in [6.07, 6.45) is 2.00. The van der Waals surface area contributed by atoms with Gasteiger partial charge in [0, 0.05) is 11.2 Å². The van der Waals surface area contributed by atoms with Crippen molar-refractivity contribution >= 4 is 5.69 Å². The molecule has 1 aromatic rings. The molecule has 66 valence electrons. The Balaban J connectivity index is 2.46. The quantitative estimate of drug-likeness (QED) is 0.624. The summed E-state index contributed by atoms with van der Waals surface area (Å²) in [4.78, 5) is 0. The Morgan fingerprint density at radius 2 is 2.08 bits per heavy atom. The molecule has 0 bridgehead atoms. The van der Waals surface area contributed by atoms with Gasteiger partial charge in [0.05, 0.1) is 5.56 Å². The van der Waals surface area contributed by atoms with E-state index in [0.29, 0.717) is 11.3 Å². The van der Waals surface area contributed by atoms with Gasteiger partial charge in [-0.05, 0) is 30.5 Å². The van der Waals surface area contributed by atoms with Crippen molar-refractivity contribution < 1.29 is 0 Å². The van der Waals surface area contributed by atoms with Gasteiger partial charge in [0.2, 0.25) is 0 Å². The van der Waals surface area contributed by atoms with Crippen LogP contribution in [0.3, 0.4) is 0 Å². The van der Waals surface area contributed by atoms with Gasteiger partial charge < -0.3 is 11.5 Å². The molecule has 13 heavy (non-hydrogen) atoms. The first-order valence-corrected chi connectivity index (χ1v) is 4.25. The Bertz CT molecular complexity index is 386. The smallest absolute Gasteiger partial charge is 0.101 e. The van der Waals surface area contributed by atoms with Crippen LogP contribution in [-0.2, 0) is 5.54 Å². The summed E-state index contributed by atoms with van der Waals surface area (Å²) in [6, 6.07) is 7.51. The topological polar surface area (TPSA) is 75.8 Å². The molecule has 3 heteroatoms. The lowest BCUT2D eigenvalue weighted by Crippen LogP contribution is -2.18. The third kappa shape index (κ3) is 1.25. The fraction of sp³-hybridized carbons (Fsp3) is 0.300. The zero-order valence-electron chi connectivity index (χ0n) is 7.25. The van der Waals surface area contributed by atoms with Gasteiger partial charge in [-0.2, -0.15) is 5.26 Å². The highest BCUT2D eigenvalue weighted by Gasteiger charge is 2.40. The van der Waals surface area contributed by atoms with E-state index in [0.717, 1.165) is 18.4 Å². The van der Waals surface area contributed by atoms with E-state index in [1.807, 2.05) is 6.07 Å². The summed E-state index contributed by atoms with van der Waals surface area (Å²) in [5.74, 6) is 0. The fourth-order valence-electron chi connectivity index (χ4n) is 1.39. The molecule has 0 atom stereocenters. The number of nitriles is 1. The Morgan fingerprint density at radius 3 is 2.62 bits per heavy atom. The Labute approximate surface area is 77.0 Å². The average Bonchev–Trinajstić information content (AvgIpc) is 2.86. The van der Waals surface area contributed by atoms with Gasteiger partial charge in [0.1, 0.15) is 6.07 Å². The lowest BCUT2D eigenvalue weighted by molar-refractivity contribution is 0.740. The second-order valence-electron chi connectivity index (χ2n) is 3.57. The van der Waals surface area contributed by atoms with E-state index in [2.05, 4.69) is 6.07 Å². The molecule has 0 aromatic heterocycles. The summed E-state index contributed by atoms with van der Waals surface area (Å²) < 4.78 is 0. The first-order valence-electron chi connectivity index (χ1n) is 4.25.